The normalized spacial score (nSPS) is 13.8. The maximum absolute atomic E-state index is 12.9. The lowest BCUT2D eigenvalue weighted by molar-refractivity contribution is -0.127. The summed E-state index contributed by atoms with van der Waals surface area (Å²) in [5.74, 6) is -0.290. The number of nitrogens with one attached hydrogen (secondary N) is 1. The third kappa shape index (κ3) is 5.14. The van der Waals surface area contributed by atoms with Gasteiger partial charge in [-0.25, -0.2) is 4.39 Å². The molecule has 100 valence electrons. The number of benzene rings is 1. The number of carbonyl (C=O) groups is 1. The topological polar surface area (TPSA) is 64.3 Å². The molecule has 1 aromatic rings. The van der Waals surface area contributed by atoms with Crippen molar-refractivity contribution in [2.45, 2.75) is 32.4 Å². The summed E-state index contributed by atoms with van der Waals surface area (Å²) in [6, 6.07) is 5.75. The van der Waals surface area contributed by atoms with Gasteiger partial charge in [-0.15, -0.1) is 0 Å². The zero-order valence-electron chi connectivity index (χ0n) is 10.7. The highest BCUT2D eigenvalue weighted by molar-refractivity contribution is 5.80. The predicted octanol–water partition coefficient (Wildman–Crippen LogP) is 1.45. The maximum Gasteiger partial charge on any atom is 0.260 e. The van der Waals surface area contributed by atoms with E-state index in [1.807, 2.05) is 6.92 Å². The summed E-state index contributed by atoms with van der Waals surface area (Å²) in [5, 5.41) is 2.71. The van der Waals surface area contributed by atoms with Crippen LogP contribution in [-0.4, -0.2) is 24.6 Å². The first-order valence-corrected chi connectivity index (χ1v) is 5.94. The monoisotopic (exact) mass is 254 g/mol. The second-order valence-corrected chi connectivity index (χ2v) is 4.27. The van der Waals surface area contributed by atoms with Gasteiger partial charge in [-0.1, -0.05) is 6.07 Å². The number of rotatable bonds is 6. The van der Waals surface area contributed by atoms with Crippen molar-refractivity contribution in [3.05, 3.63) is 30.1 Å². The Hall–Kier alpha value is -1.62. The summed E-state index contributed by atoms with van der Waals surface area (Å²) in [5.41, 5.74) is 5.57. The zero-order valence-corrected chi connectivity index (χ0v) is 10.7. The molecular formula is C13H19FN2O2. The lowest BCUT2D eigenvalue weighted by Gasteiger charge is -2.15. The number of amides is 1. The van der Waals surface area contributed by atoms with Crippen molar-refractivity contribution < 1.29 is 13.9 Å². The maximum atomic E-state index is 12.9. The predicted molar refractivity (Wildman–Crippen MR) is 67.8 cm³/mol. The minimum atomic E-state index is -0.667. The van der Waals surface area contributed by atoms with Gasteiger partial charge in [-0.2, -0.15) is 0 Å². The summed E-state index contributed by atoms with van der Waals surface area (Å²) >= 11 is 0. The minimum absolute atomic E-state index is 0.0461. The molecule has 0 heterocycles. The Balaban J connectivity index is 2.40. The summed E-state index contributed by atoms with van der Waals surface area (Å²) in [4.78, 5) is 11.6. The van der Waals surface area contributed by atoms with E-state index in [2.05, 4.69) is 5.32 Å². The van der Waals surface area contributed by atoms with Crippen LogP contribution in [0.2, 0.25) is 0 Å². The number of carbonyl (C=O) groups excluding carboxylic acids is 1. The van der Waals surface area contributed by atoms with Crippen molar-refractivity contribution in [3.63, 3.8) is 0 Å². The van der Waals surface area contributed by atoms with Crippen LogP contribution in [0.4, 0.5) is 4.39 Å². The van der Waals surface area contributed by atoms with E-state index in [9.17, 15) is 9.18 Å². The standard InChI is InChI=1S/C13H19FN2O2/c1-9(15)6-7-16-13(17)10(2)18-12-5-3-4-11(14)8-12/h3-5,8-10H,6-7,15H2,1-2H3,(H,16,17). The van der Waals surface area contributed by atoms with Gasteiger partial charge >= 0.3 is 0 Å². The quantitative estimate of drug-likeness (QED) is 0.807. The highest BCUT2D eigenvalue weighted by atomic mass is 19.1. The van der Waals surface area contributed by atoms with Crippen molar-refractivity contribution >= 4 is 5.91 Å². The Morgan fingerprint density at radius 2 is 2.22 bits per heavy atom. The average molecular weight is 254 g/mol. The summed E-state index contributed by atoms with van der Waals surface area (Å²) in [7, 11) is 0. The average Bonchev–Trinajstić information content (AvgIpc) is 2.28. The van der Waals surface area contributed by atoms with E-state index in [0.29, 0.717) is 18.7 Å². The van der Waals surface area contributed by atoms with Crippen LogP contribution in [0.25, 0.3) is 0 Å². The molecule has 0 radical (unpaired) electrons. The van der Waals surface area contributed by atoms with Crippen molar-refractivity contribution in [1.82, 2.24) is 5.32 Å². The fourth-order valence-electron chi connectivity index (χ4n) is 1.36. The molecule has 0 spiro atoms. The first-order chi connectivity index (χ1) is 8.49. The summed E-state index contributed by atoms with van der Waals surface area (Å²) in [6.45, 7) is 4.00. The molecule has 0 aliphatic carbocycles. The lowest BCUT2D eigenvalue weighted by atomic mass is 10.2. The molecule has 0 aromatic heterocycles. The van der Waals surface area contributed by atoms with Crippen LogP contribution in [0.15, 0.2) is 24.3 Å². The molecular weight excluding hydrogens is 235 g/mol. The molecule has 2 unspecified atom stereocenters. The van der Waals surface area contributed by atoms with E-state index in [4.69, 9.17) is 10.5 Å². The van der Waals surface area contributed by atoms with Gasteiger partial charge in [0, 0.05) is 18.7 Å². The lowest BCUT2D eigenvalue weighted by Crippen LogP contribution is -2.38. The molecule has 0 saturated heterocycles. The Bertz CT molecular complexity index is 396. The molecule has 5 heteroatoms. The number of hydrogen-bond donors (Lipinski definition) is 2. The molecule has 0 bridgehead atoms. The van der Waals surface area contributed by atoms with Gasteiger partial charge < -0.3 is 15.8 Å². The number of hydrogen-bond acceptors (Lipinski definition) is 3. The Labute approximate surface area is 106 Å². The second-order valence-electron chi connectivity index (χ2n) is 4.27. The van der Waals surface area contributed by atoms with Crippen molar-refractivity contribution in [3.8, 4) is 5.75 Å². The zero-order chi connectivity index (χ0) is 13.5. The van der Waals surface area contributed by atoms with Crippen LogP contribution in [0.3, 0.4) is 0 Å². The Morgan fingerprint density at radius 1 is 1.50 bits per heavy atom. The van der Waals surface area contributed by atoms with Crippen molar-refractivity contribution in [2.75, 3.05) is 6.54 Å². The highest BCUT2D eigenvalue weighted by Gasteiger charge is 2.14. The Morgan fingerprint density at radius 3 is 2.83 bits per heavy atom. The fourth-order valence-corrected chi connectivity index (χ4v) is 1.36. The van der Waals surface area contributed by atoms with E-state index >= 15 is 0 Å². The van der Waals surface area contributed by atoms with Gasteiger partial charge in [0.1, 0.15) is 11.6 Å². The van der Waals surface area contributed by atoms with Crippen molar-refractivity contribution in [1.29, 1.82) is 0 Å². The van der Waals surface area contributed by atoms with Gasteiger partial charge in [-0.05, 0) is 32.4 Å². The van der Waals surface area contributed by atoms with Crippen LogP contribution in [0, 0.1) is 5.82 Å². The van der Waals surface area contributed by atoms with E-state index in [0.717, 1.165) is 0 Å². The SMILES string of the molecule is CC(N)CCNC(=O)C(C)Oc1cccc(F)c1. The molecule has 0 saturated carbocycles. The van der Waals surface area contributed by atoms with Gasteiger partial charge in [0.05, 0.1) is 0 Å². The van der Waals surface area contributed by atoms with Crippen molar-refractivity contribution in [2.24, 2.45) is 5.73 Å². The van der Waals surface area contributed by atoms with Crippen LogP contribution in [0.1, 0.15) is 20.3 Å². The van der Waals surface area contributed by atoms with Crippen LogP contribution >= 0.6 is 0 Å². The van der Waals surface area contributed by atoms with Gasteiger partial charge in [0.15, 0.2) is 6.10 Å². The minimum Gasteiger partial charge on any atom is -0.481 e. The molecule has 18 heavy (non-hydrogen) atoms. The third-order valence-electron chi connectivity index (χ3n) is 2.38. The Kier molecular flexibility index (Phi) is 5.58. The molecule has 2 atom stereocenters. The molecule has 3 N–H and O–H groups in total. The van der Waals surface area contributed by atoms with Crippen LogP contribution in [0.5, 0.6) is 5.75 Å². The summed E-state index contributed by atoms with van der Waals surface area (Å²) < 4.78 is 18.2. The molecule has 1 amide bonds. The number of halogens is 1. The molecule has 1 aromatic carbocycles. The fraction of sp³-hybridized carbons (Fsp3) is 0.462. The number of ether oxygens (including phenoxy) is 1. The van der Waals surface area contributed by atoms with E-state index in [1.165, 1.54) is 18.2 Å². The van der Waals surface area contributed by atoms with Gasteiger partial charge in [0.2, 0.25) is 0 Å². The van der Waals surface area contributed by atoms with E-state index < -0.39 is 11.9 Å². The molecule has 0 fully saturated rings. The van der Waals surface area contributed by atoms with Gasteiger partial charge in [0.25, 0.3) is 5.91 Å². The molecule has 0 aliphatic rings. The molecule has 0 aliphatic heterocycles. The smallest absolute Gasteiger partial charge is 0.260 e. The first-order valence-electron chi connectivity index (χ1n) is 5.94. The van der Waals surface area contributed by atoms with Crippen LogP contribution < -0.4 is 15.8 Å². The van der Waals surface area contributed by atoms with E-state index in [-0.39, 0.29) is 11.9 Å². The second kappa shape index (κ2) is 6.96. The summed E-state index contributed by atoms with van der Waals surface area (Å²) in [6.07, 6.45) is 0.0400. The first kappa shape index (κ1) is 14.4. The van der Waals surface area contributed by atoms with E-state index in [1.54, 1.807) is 13.0 Å². The van der Waals surface area contributed by atoms with Gasteiger partial charge in [-0.3, -0.25) is 4.79 Å². The highest BCUT2D eigenvalue weighted by Crippen LogP contribution is 2.13. The number of nitrogens with two attached hydrogens (primary N) is 1. The van der Waals surface area contributed by atoms with Crippen LogP contribution in [-0.2, 0) is 4.79 Å². The third-order valence-corrected chi connectivity index (χ3v) is 2.38. The largest absolute Gasteiger partial charge is 0.481 e. The molecule has 4 nitrogen and oxygen atoms in total. The molecule has 1 rings (SSSR count).